The Hall–Kier alpha value is -2.39. The number of hydrogen-bond donors (Lipinski definition) is 1. The van der Waals surface area contributed by atoms with Crippen LogP contribution < -0.4 is 14.8 Å². The Morgan fingerprint density at radius 2 is 1.89 bits per heavy atom. The highest BCUT2D eigenvalue weighted by atomic mass is 32.2. The van der Waals surface area contributed by atoms with Gasteiger partial charge < -0.3 is 9.47 Å². The summed E-state index contributed by atoms with van der Waals surface area (Å²) in [6, 6.07) is 11.8. The van der Waals surface area contributed by atoms with Gasteiger partial charge in [0.1, 0.15) is 11.5 Å². The van der Waals surface area contributed by atoms with E-state index in [2.05, 4.69) is 10.3 Å². The van der Waals surface area contributed by atoms with Crippen LogP contribution in [0.15, 0.2) is 47.4 Å². The molecule has 1 atom stereocenters. The van der Waals surface area contributed by atoms with E-state index in [1.165, 1.54) is 11.3 Å². The molecule has 0 aliphatic heterocycles. The van der Waals surface area contributed by atoms with Crippen LogP contribution in [-0.2, 0) is 4.79 Å². The van der Waals surface area contributed by atoms with Crippen LogP contribution in [0.2, 0.25) is 0 Å². The maximum absolute atomic E-state index is 12.5. The SMILES string of the molecule is COc1ccc(OC(C)C(=O)Nc2nc3ccc(SC(F)F)cc3s2)cc1. The number of carbonyl (C=O) groups excluding carboxylic acids is 1. The van der Waals surface area contributed by atoms with E-state index < -0.39 is 11.9 Å². The number of ether oxygens (including phenoxy) is 2. The highest BCUT2D eigenvalue weighted by Crippen LogP contribution is 2.32. The number of rotatable bonds is 7. The van der Waals surface area contributed by atoms with Crippen molar-refractivity contribution in [2.75, 3.05) is 12.4 Å². The van der Waals surface area contributed by atoms with Gasteiger partial charge >= 0.3 is 0 Å². The molecule has 0 radical (unpaired) electrons. The molecule has 2 aromatic carbocycles. The van der Waals surface area contributed by atoms with Crippen LogP contribution in [0, 0.1) is 0 Å². The Kier molecular flexibility index (Phi) is 6.12. The number of aromatic nitrogens is 1. The second kappa shape index (κ2) is 8.53. The first-order valence-corrected chi connectivity index (χ1v) is 9.61. The van der Waals surface area contributed by atoms with E-state index in [1.54, 1.807) is 56.5 Å². The van der Waals surface area contributed by atoms with Gasteiger partial charge in [-0.05, 0) is 49.4 Å². The Balaban J connectivity index is 1.65. The second-order valence-corrected chi connectivity index (χ2v) is 7.55. The Morgan fingerprint density at radius 1 is 1.19 bits per heavy atom. The molecule has 5 nitrogen and oxygen atoms in total. The number of anilines is 1. The monoisotopic (exact) mass is 410 g/mol. The van der Waals surface area contributed by atoms with Crippen molar-refractivity contribution in [1.29, 1.82) is 0 Å². The van der Waals surface area contributed by atoms with E-state index in [4.69, 9.17) is 9.47 Å². The van der Waals surface area contributed by atoms with E-state index in [9.17, 15) is 13.6 Å². The predicted molar refractivity (Wildman–Crippen MR) is 103 cm³/mol. The molecule has 1 aromatic heterocycles. The van der Waals surface area contributed by atoms with E-state index >= 15 is 0 Å². The minimum absolute atomic E-state index is 0.355. The first kappa shape index (κ1) is 19.4. The highest BCUT2D eigenvalue weighted by Gasteiger charge is 2.17. The Bertz CT molecular complexity index is 932. The van der Waals surface area contributed by atoms with Crippen molar-refractivity contribution >= 4 is 44.4 Å². The van der Waals surface area contributed by atoms with Gasteiger partial charge in [0.15, 0.2) is 11.2 Å². The average molecular weight is 410 g/mol. The maximum atomic E-state index is 12.5. The third-order valence-corrected chi connectivity index (χ3v) is 5.19. The standard InChI is InChI=1S/C18H16F2N2O3S2/c1-10(25-12-5-3-11(24-2)4-6-12)16(23)22-18-21-14-8-7-13(26-17(19)20)9-15(14)27-18/h3-10,17H,1-2H3,(H,21,22,23). The summed E-state index contributed by atoms with van der Waals surface area (Å²) in [5.41, 5.74) is 0.637. The maximum Gasteiger partial charge on any atom is 0.288 e. The van der Waals surface area contributed by atoms with Crippen molar-refractivity contribution in [3.05, 3.63) is 42.5 Å². The third kappa shape index (κ3) is 5.08. The average Bonchev–Trinajstić information content (AvgIpc) is 3.03. The van der Waals surface area contributed by atoms with Gasteiger partial charge in [0.2, 0.25) is 0 Å². The zero-order valence-electron chi connectivity index (χ0n) is 14.4. The molecule has 142 valence electrons. The molecule has 1 unspecified atom stereocenters. The lowest BCUT2D eigenvalue weighted by Gasteiger charge is -2.13. The smallest absolute Gasteiger partial charge is 0.288 e. The van der Waals surface area contributed by atoms with Crippen LogP contribution in [0.3, 0.4) is 0 Å². The molecule has 0 aliphatic carbocycles. The van der Waals surface area contributed by atoms with E-state index in [1.807, 2.05) is 0 Å². The molecular weight excluding hydrogens is 394 g/mol. The topological polar surface area (TPSA) is 60.5 Å². The highest BCUT2D eigenvalue weighted by molar-refractivity contribution is 7.99. The zero-order chi connectivity index (χ0) is 19.4. The van der Waals surface area contributed by atoms with Crippen molar-refractivity contribution in [1.82, 2.24) is 4.98 Å². The van der Waals surface area contributed by atoms with Gasteiger partial charge in [-0.3, -0.25) is 10.1 Å². The number of amides is 1. The molecule has 0 bridgehead atoms. The second-order valence-electron chi connectivity index (χ2n) is 5.45. The molecule has 3 rings (SSSR count). The van der Waals surface area contributed by atoms with Crippen LogP contribution in [0.1, 0.15) is 6.92 Å². The Labute approximate surface area is 162 Å². The van der Waals surface area contributed by atoms with Crippen molar-refractivity contribution < 1.29 is 23.0 Å². The van der Waals surface area contributed by atoms with Gasteiger partial charge in [-0.15, -0.1) is 0 Å². The zero-order valence-corrected chi connectivity index (χ0v) is 16.1. The van der Waals surface area contributed by atoms with Crippen molar-refractivity contribution in [2.24, 2.45) is 0 Å². The number of alkyl halides is 2. The quantitative estimate of drug-likeness (QED) is 0.554. The number of methoxy groups -OCH3 is 1. The molecular formula is C18H16F2N2O3S2. The van der Waals surface area contributed by atoms with Gasteiger partial charge in [-0.1, -0.05) is 23.1 Å². The van der Waals surface area contributed by atoms with Crippen LogP contribution in [0.4, 0.5) is 13.9 Å². The first-order valence-electron chi connectivity index (χ1n) is 7.91. The summed E-state index contributed by atoms with van der Waals surface area (Å²) in [5.74, 6) is -1.60. The number of thioether (sulfide) groups is 1. The van der Waals surface area contributed by atoms with Crippen LogP contribution in [0.5, 0.6) is 11.5 Å². The molecule has 9 heteroatoms. The summed E-state index contributed by atoms with van der Waals surface area (Å²) in [6.45, 7) is 1.63. The molecule has 0 spiro atoms. The van der Waals surface area contributed by atoms with Crippen LogP contribution >= 0.6 is 23.1 Å². The third-order valence-electron chi connectivity index (χ3n) is 3.56. The number of carbonyl (C=O) groups is 1. The van der Waals surface area contributed by atoms with Gasteiger partial charge in [0, 0.05) is 4.90 Å². The normalized spacial score (nSPS) is 12.2. The van der Waals surface area contributed by atoms with Gasteiger partial charge in [-0.2, -0.15) is 8.78 Å². The number of benzene rings is 2. The summed E-state index contributed by atoms with van der Waals surface area (Å²) in [7, 11) is 1.57. The van der Waals surface area contributed by atoms with Gasteiger partial charge in [0.25, 0.3) is 11.7 Å². The number of fused-ring (bicyclic) bond motifs is 1. The molecule has 0 fully saturated rings. The summed E-state index contributed by atoms with van der Waals surface area (Å²) in [4.78, 5) is 17.1. The Morgan fingerprint density at radius 3 is 2.56 bits per heavy atom. The number of nitrogens with zero attached hydrogens (tertiary/aromatic N) is 1. The van der Waals surface area contributed by atoms with E-state index in [-0.39, 0.29) is 5.91 Å². The fourth-order valence-corrected chi connectivity index (χ4v) is 3.77. The van der Waals surface area contributed by atoms with Crippen molar-refractivity contribution in [2.45, 2.75) is 23.7 Å². The predicted octanol–water partition coefficient (Wildman–Crippen LogP) is 5.03. The summed E-state index contributed by atoms with van der Waals surface area (Å²) in [5, 5.41) is 3.09. The molecule has 3 aromatic rings. The summed E-state index contributed by atoms with van der Waals surface area (Å²) >= 11 is 1.70. The van der Waals surface area contributed by atoms with Crippen molar-refractivity contribution in [3.8, 4) is 11.5 Å². The minimum Gasteiger partial charge on any atom is -0.497 e. The fraction of sp³-hybridized carbons (Fsp3) is 0.222. The van der Waals surface area contributed by atoms with Crippen molar-refractivity contribution in [3.63, 3.8) is 0 Å². The van der Waals surface area contributed by atoms with Crippen LogP contribution in [-0.4, -0.2) is 29.9 Å². The van der Waals surface area contributed by atoms with Crippen LogP contribution in [0.25, 0.3) is 10.2 Å². The molecule has 27 heavy (non-hydrogen) atoms. The lowest BCUT2D eigenvalue weighted by atomic mass is 10.3. The summed E-state index contributed by atoms with van der Waals surface area (Å²) < 4.78 is 36.4. The largest absolute Gasteiger partial charge is 0.497 e. The number of hydrogen-bond acceptors (Lipinski definition) is 6. The molecule has 1 amide bonds. The number of halogens is 2. The molecule has 1 heterocycles. The molecule has 0 aliphatic rings. The van der Waals surface area contributed by atoms with E-state index in [0.29, 0.717) is 38.8 Å². The number of thiazole rings is 1. The minimum atomic E-state index is -2.48. The molecule has 0 saturated carbocycles. The lowest BCUT2D eigenvalue weighted by molar-refractivity contribution is -0.122. The molecule has 1 N–H and O–H groups in total. The lowest BCUT2D eigenvalue weighted by Crippen LogP contribution is -2.30. The molecule has 0 saturated heterocycles. The van der Waals surface area contributed by atoms with E-state index in [0.717, 1.165) is 4.70 Å². The van der Waals surface area contributed by atoms with Gasteiger partial charge in [0.05, 0.1) is 17.3 Å². The van der Waals surface area contributed by atoms with Gasteiger partial charge in [-0.25, -0.2) is 4.98 Å². The fourth-order valence-electron chi connectivity index (χ4n) is 2.25. The first-order chi connectivity index (χ1) is 12.9. The summed E-state index contributed by atoms with van der Waals surface area (Å²) in [6.07, 6.45) is -0.740. The number of nitrogens with one attached hydrogen (secondary N) is 1.